The van der Waals surface area contributed by atoms with Gasteiger partial charge in [-0.1, -0.05) is 34.8 Å². The maximum atomic E-state index is 13.3. The molecule has 2 rings (SSSR count). The van der Waals surface area contributed by atoms with Crippen LogP contribution in [0.15, 0.2) is 30.3 Å². The van der Waals surface area contributed by atoms with E-state index in [0.717, 1.165) is 0 Å². The largest absolute Gasteiger partial charge is 0.384 e. The smallest absolute Gasteiger partial charge is 0.127 e. The molecule has 2 aromatic rings. The maximum absolute atomic E-state index is 13.3. The van der Waals surface area contributed by atoms with Gasteiger partial charge in [0.15, 0.2) is 0 Å². The van der Waals surface area contributed by atoms with Crippen molar-refractivity contribution in [2.24, 2.45) is 0 Å². The summed E-state index contributed by atoms with van der Waals surface area (Å²) in [4.78, 5) is 0. The van der Waals surface area contributed by atoms with Gasteiger partial charge in [0.1, 0.15) is 11.9 Å². The van der Waals surface area contributed by atoms with Crippen LogP contribution in [0.2, 0.25) is 15.1 Å². The molecule has 19 heavy (non-hydrogen) atoms. The summed E-state index contributed by atoms with van der Waals surface area (Å²) in [5, 5.41) is 11.3. The number of hydrogen-bond donors (Lipinski definition) is 1. The zero-order chi connectivity index (χ0) is 14.2. The van der Waals surface area contributed by atoms with Gasteiger partial charge in [-0.25, -0.2) is 4.39 Å². The minimum atomic E-state index is -1.01. The normalized spacial score (nSPS) is 12.5. The number of hydrogen-bond acceptors (Lipinski definition) is 1. The lowest BCUT2D eigenvalue weighted by atomic mass is 9.99. The fourth-order valence-electron chi connectivity index (χ4n) is 1.80. The van der Waals surface area contributed by atoms with Gasteiger partial charge in [-0.3, -0.25) is 0 Å². The molecule has 0 saturated heterocycles. The highest BCUT2D eigenvalue weighted by molar-refractivity contribution is 6.34. The number of aliphatic hydroxyl groups excluding tert-OH is 1. The van der Waals surface area contributed by atoms with E-state index in [1.165, 1.54) is 12.1 Å². The summed E-state index contributed by atoms with van der Waals surface area (Å²) < 4.78 is 13.3. The van der Waals surface area contributed by atoms with Crippen molar-refractivity contribution in [1.82, 2.24) is 0 Å². The van der Waals surface area contributed by atoms with Crippen LogP contribution in [-0.2, 0) is 0 Å². The zero-order valence-electron chi connectivity index (χ0n) is 9.92. The first kappa shape index (κ1) is 14.6. The molecule has 0 fully saturated rings. The zero-order valence-corrected chi connectivity index (χ0v) is 12.2. The Morgan fingerprint density at radius 2 is 1.58 bits per heavy atom. The topological polar surface area (TPSA) is 20.2 Å². The predicted molar refractivity (Wildman–Crippen MR) is 76.7 cm³/mol. The first-order chi connectivity index (χ1) is 8.88. The molecule has 0 radical (unpaired) electrons. The Hall–Kier alpha value is -0.800. The molecule has 0 aliphatic rings. The van der Waals surface area contributed by atoms with Crippen molar-refractivity contribution in [3.63, 3.8) is 0 Å². The van der Waals surface area contributed by atoms with Crippen molar-refractivity contribution < 1.29 is 9.50 Å². The summed E-state index contributed by atoms with van der Waals surface area (Å²) in [5.74, 6) is -0.412. The Morgan fingerprint density at radius 1 is 1.00 bits per heavy atom. The van der Waals surface area contributed by atoms with E-state index < -0.39 is 11.9 Å². The molecule has 0 amide bonds. The van der Waals surface area contributed by atoms with Gasteiger partial charge in [0, 0.05) is 20.6 Å². The highest BCUT2D eigenvalue weighted by Crippen LogP contribution is 2.32. The third-order valence-electron chi connectivity index (χ3n) is 2.77. The molecule has 0 heterocycles. The van der Waals surface area contributed by atoms with Crippen molar-refractivity contribution in [2.45, 2.75) is 13.0 Å². The fraction of sp³-hybridized carbons (Fsp3) is 0.143. The summed E-state index contributed by atoms with van der Waals surface area (Å²) in [6.45, 7) is 1.60. The lowest BCUT2D eigenvalue weighted by molar-refractivity contribution is 0.220. The molecule has 0 bridgehead atoms. The van der Waals surface area contributed by atoms with E-state index >= 15 is 0 Å². The molecule has 1 nitrogen and oxygen atoms in total. The van der Waals surface area contributed by atoms with Gasteiger partial charge in [0.2, 0.25) is 0 Å². The van der Waals surface area contributed by atoms with Crippen molar-refractivity contribution >= 4 is 34.8 Å². The standard InChI is InChI=1S/C14H10Cl3FO/c1-7-2-11(12(17)6-13(7)18)14(19)8-3-9(15)5-10(16)4-8/h2-6,14,19H,1H3. The summed E-state index contributed by atoms with van der Waals surface area (Å²) in [6.07, 6.45) is -1.01. The van der Waals surface area contributed by atoms with Crippen molar-refractivity contribution in [3.8, 4) is 0 Å². The first-order valence-corrected chi connectivity index (χ1v) is 6.61. The van der Waals surface area contributed by atoms with E-state index in [-0.39, 0.29) is 5.02 Å². The van der Waals surface area contributed by atoms with Gasteiger partial charge in [-0.15, -0.1) is 0 Å². The van der Waals surface area contributed by atoms with E-state index in [2.05, 4.69) is 0 Å². The highest BCUT2D eigenvalue weighted by Gasteiger charge is 2.17. The molecule has 0 aliphatic carbocycles. The van der Waals surface area contributed by atoms with E-state index in [4.69, 9.17) is 34.8 Å². The van der Waals surface area contributed by atoms with Gasteiger partial charge >= 0.3 is 0 Å². The lowest BCUT2D eigenvalue weighted by Gasteiger charge is -2.15. The number of aryl methyl sites for hydroxylation is 1. The van der Waals surface area contributed by atoms with Crippen molar-refractivity contribution in [2.75, 3.05) is 0 Å². The average molecular weight is 320 g/mol. The summed E-state index contributed by atoms with van der Waals surface area (Å²) in [6, 6.07) is 7.44. The second-order valence-corrected chi connectivity index (χ2v) is 5.51. The molecule has 1 atom stereocenters. The Labute approximate surface area is 125 Å². The third kappa shape index (κ3) is 3.21. The summed E-state index contributed by atoms with van der Waals surface area (Å²) >= 11 is 17.7. The number of benzene rings is 2. The SMILES string of the molecule is Cc1cc(C(O)c2cc(Cl)cc(Cl)c2)c(Cl)cc1F. The molecule has 2 aromatic carbocycles. The molecular formula is C14H10Cl3FO. The van der Waals surface area contributed by atoms with E-state index in [0.29, 0.717) is 26.7 Å². The predicted octanol–water partition coefficient (Wildman–Crippen LogP) is 5.18. The molecule has 100 valence electrons. The Balaban J connectivity index is 2.49. The molecule has 1 N–H and O–H groups in total. The van der Waals surface area contributed by atoms with Crippen LogP contribution < -0.4 is 0 Å². The van der Waals surface area contributed by atoms with E-state index in [1.54, 1.807) is 25.1 Å². The number of halogens is 4. The van der Waals surface area contributed by atoms with Crippen LogP contribution in [0.5, 0.6) is 0 Å². The second kappa shape index (κ2) is 5.68. The van der Waals surface area contributed by atoms with E-state index in [9.17, 15) is 9.50 Å². The van der Waals surface area contributed by atoms with Gasteiger partial charge in [-0.2, -0.15) is 0 Å². The van der Waals surface area contributed by atoms with Crippen LogP contribution in [0, 0.1) is 12.7 Å². The maximum Gasteiger partial charge on any atom is 0.127 e. The molecule has 0 spiro atoms. The Morgan fingerprint density at radius 3 is 2.16 bits per heavy atom. The lowest BCUT2D eigenvalue weighted by Crippen LogP contribution is -2.02. The summed E-state index contributed by atoms with van der Waals surface area (Å²) in [5.41, 5.74) is 1.33. The fourth-order valence-corrected chi connectivity index (χ4v) is 2.60. The minimum absolute atomic E-state index is 0.159. The minimum Gasteiger partial charge on any atom is -0.384 e. The summed E-state index contributed by atoms with van der Waals surface area (Å²) in [7, 11) is 0. The van der Waals surface area contributed by atoms with Gasteiger partial charge in [-0.05, 0) is 48.4 Å². The molecule has 1 unspecified atom stereocenters. The molecule has 0 aromatic heterocycles. The third-order valence-corrected chi connectivity index (χ3v) is 3.54. The van der Waals surface area contributed by atoms with Crippen LogP contribution in [0.4, 0.5) is 4.39 Å². The Kier molecular flexibility index (Phi) is 4.36. The average Bonchev–Trinajstić information content (AvgIpc) is 2.31. The van der Waals surface area contributed by atoms with Crippen LogP contribution in [0.1, 0.15) is 22.8 Å². The first-order valence-electron chi connectivity index (χ1n) is 5.48. The van der Waals surface area contributed by atoms with Crippen LogP contribution in [-0.4, -0.2) is 5.11 Å². The Bertz CT molecular complexity index is 608. The van der Waals surface area contributed by atoms with Crippen molar-refractivity contribution in [3.05, 3.63) is 67.9 Å². The molecule has 5 heteroatoms. The van der Waals surface area contributed by atoms with Crippen LogP contribution in [0.25, 0.3) is 0 Å². The molecule has 0 saturated carbocycles. The van der Waals surface area contributed by atoms with Gasteiger partial charge in [0.25, 0.3) is 0 Å². The van der Waals surface area contributed by atoms with Crippen LogP contribution >= 0.6 is 34.8 Å². The quantitative estimate of drug-likeness (QED) is 0.809. The monoisotopic (exact) mass is 318 g/mol. The molecular weight excluding hydrogens is 310 g/mol. The van der Waals surface area contributed by atoms with Gasteiger partial charge < -0.3 is 5.11 Å². The number of rotatable bonds is 2. The van der Waals surface area contributed by atoms with Crippen LogP contribution in [0.3, 0.4) is 0 Å². The molecule has 0 aliphatic heterocycles. The second-order valence-electron chi connectivity index (χ2n) is 4.23. The van der Waals surface area contributed by atoms with Crippen molar-refractivity contribution in [1.29, 1.82) is 0 Å². The number of aliphatic hydroxyl groups is 1. The highest BCUT2D eigenvalue weighted by atomic mass is 35.5. The van der Waals surface area contributed by atoms with Gasteiger partial charge in [0.05, 0.1) is 0 Å². The van der Waals surface area contributed by atoms with E-state index in [1.807, 2.05) is 0 Å².